The van der Waals surface area contributed by atoms with Crippen molar-refractivity contribution in [2.75, 3.05) is 11.9 Å². The minimum absolute atomic E-state index is 0.0152. The van der Waals surface area contributed by atoms with Gasteiger partial charge in [-0.25, -0.2) is 4.79 Å². The number of aryl methyl sites for hydroxylation is 1. The molecule has 0 radical (unpaired) electrons. The molecule has 1 atom stereocenters. The lowest BCUT2D eigenvalue weighted by molar-refractivity contribution is -0.131. The van der Waals surface area contributed by atoms with E-state index in [-0.39, 0.29) is 11.8 Å². The fourth-order valence-corrected chi connectivity index (χ4v) is 5.34. The predicted molar refractivity (Wildman–Crippen MR) is 148 cm³/mol. The number of hydrogen-bond donors (Lipinski definition) is 2. The lowest BCUT2D eigenvalue weighted by Gasteiger charge is -2.24. The van der Waals surface area contributed by atoms with E-state index in [4.69, 9.17) is 5.11 Å². The van der Waals surface area contributed by atoms with E-state index in [1.54, 1.807) is 7.05 Å². The molecule has 3 aromatic carbocycles. The van der Waals surface area contributed by atoms with Crippen molar-refractivity contribution in [3.05, 3.63) is 114 Å². The Kier molecular flexibility index (Phi) is 6.40. The molecule has 2 heterocycles. The maximum atomic E-state index is 12.8. The average molecular weight is 492 g/mol. The molecule has 2 aromatic heterocycles. The molecule has 0 spiro atoms. The Bertz CT molecular complexity index is 1660. The summed E-state index contributed by atoms with van der Waals surface area (Å²) >= 11 is 0. The first-order valence-electron chi connectivity index (χ1n) is 12.2. The molecular weight excluding hydrogens is 462 g/mol. The zero-order valence-electron chi connectivity index (χ0n) is 21.1. The van der Waals surface area contributed by atoms with Crippen molar-refractivity contribution in [2.45, 2.75) is 19.3 Å². The summed E-state index contributed by atoms with van der Waals surface area (Å²) < 4.78 is 2.24. The highest BCUT2D eigenvalue weighted by Gasteiger charge is 2.26. The van der Waals surface area contributed by atoms with Gasteiger partial charge in [0.25, 0.3) is 5.91 Å². The topological polar surface area (TPSA) is 78.3 Å². The Morgan fingerprint density at radius 2 is 1.65 bits per heavy atom. The molecule has 1 amide bonds. The first-order valence-corrected chi connectivity index (χ1v) is 12.2. The number of rotatable bonds is 7. The number of carbonyl (C=O) groups excluding carboxylic acids is 1. The van der Waals surface area contributed by atoms with Gasteiger partial charge in [0.15, 0.2) is 0 Å². The number of nitrogens with one attached hydrogen (secondary N) is 1. The van der Waals surface area contributed by atoms with Gasteiger partial charge in [-0.05, 0) is 48.2 Å². The molecular formula is C31H29N3O3. The van der Waals surface area contributed by atoms with Gasteiger partial charge in [-0.3, -0.25) is 4.79 Å². The zero-order chi connectivity index (χ0) is 26.1. The highest BCUT2D eigenvalue weighted by Crippen LogP contribution is 2.41. The summed E-state index contributed by atoms with van der Waals surface area (Å²) in [5, 5.41) is 11.3. The van der Waals surface area contributed by atoms with Gasteiger partial charge < -0.3 is 19.6 Å². The number of amides is 1. The van der Waals surface area contributed by atoms with Crippen LogP contribution in [0.25, 0.3) is 21.8 Å². The van der Waals surface area contributed by atoms with E-state index < -0.39 is 5.97 Å². The summed E-state index contributed by atoms with van der Waals surface area (Å²) in [7, 11) is 3.78. The summed E-state index contributed by atoms with van der Waals surface area (Å²) in [5.74, 6) is -1.53. The third-order valence-electron chi connectivity index (χ3n) is 7.27. The Hall–Kier alpha value is -4.58. The monoisotopic (exact) mass is 491 g/mol. The smallest absolute Gasteiger partial charge is 0.328 e. The standard InChI is InChI=1S/C31H29N3O3/c1-20-31(23-12-6-9-15-28(23)33(20)2)24(25-19-32-26-13-7-5-11-22(25)26)18-21-10-4-8-14-27(21)34(3)29(35)16-17-30(36)37/h4-17,19,24,32H,18H2,1-3H3,(H,36,37)/b17-16+. The molecule has 37 heavy (non-hydrogen) atoms. The van der Waals surface area contributed by atoms with Gasteiger partial charge >= 0.3 is 5.97 Å². The highest BCUT2D eigenvalue weighted by atomic mass is 16.4. The van der Waals surface area contributed by atoms with Crippen molar-refractivity contribution < 1.29 is 14.7 Å². The fourth-order valence-electron chi connectivity index (χ4n) is 5.34. The molecule has 6 nitrogen and oxygen atoms in total. The molecule has 0 saturated heterocycles. The number of aromatic amines is 1. The Morgan fingerprint density at radius 1 is 0.973 bits per heavy atom. The van der Waals surface area contributed by atoms with Gasteiger partial charge in [0, 0.05) is 71.5 Å². The molecule has 5 aromatic rings. The fraction of sp³-hybridized carbons (Fsp3) is 0.161. The van der Waals surface area contributed by atoms with Crippen molar-refractivity contribution in [3.63, 3.8) is 0 Å². The number of para-hydroxylation sites is 3. The molecule has 0 bridgehead atoms. The van der Waals surface area contributed by atoms with E-state index in [1.807, 2.05) is 30.3 Å². The third-order valence-corrected chi connectivity index (χ3v) is 7.27. The number of carbonyl (C=O) groups is 2. The number of likely N-dealkylation sites (N-methyl/N-ethyl adjacent to an activating group) is 1. The first-order chi connectivity index (χ1) is 17.9. The van der Waals surface area contributed by atoms with Crippen LogP contribution in [0.1, 0.15) is 28.3 Å². The van der Waals surface area contributed by atoms with Crippen LogP contribution in [-0.4, -0.2) is 33.6 Å². The van der Waals surface area contributed by atoms with E-state index >= 15 is 0 Å². The van der Waals surface area contributed by atoms with Gasteiger partial charge in [-0.15, -0.1) is 0 Å². The number of nitrogens with zero attached hydrogens (tertiary/aromatic N) is 2. The Morgan fingerprint density at radius 3 is 2.43 bits per heavy atom. The van der Waals surface area contributed by atoms with Gasteiger partial charge in [-0.1, -0.05) is 54.6 Å². The van der Waals surface area contributed by atoms with Gasteiger partial charge in [-0.2, -0.15) is 0 Å². The predicted octanol–water partition coefficient (Wildman–Crippen LogP) is 5.95. The number of carboxylic acids is 1. The molecule has 0 aliphatic rings. The second-order valence-corrected chi connectivity index (χ2v) is 9.32. The maximum absolute atomic E-state index is 12.8. The van der Waals surface area contributed by atoms with Crippen LogP contribution in [0.2, 0.25) is 0 Å². The molecule has 1 unspecified atom stereocenters. The molecule has 6 heteroatoms. The lowest BCUT2D eigenvalue weighted by Crippen LogP contribution is -2.25. The quantitative estimate of drug-likeness (QED) is 0.276. The Balaban J connectivity index is 1.67. The number of aromatic nitrogens is 2. The summed E-state index contributed by atoms with van der Waals surface area (Å²) in [6.07, 6.45) is 4.72. The Labute approximate surface area is 215 Å². The minimum Gasteiger partial charge on any atom is -0.478 e. The summed E-state index contributed by atoms with van der Waals surface area (Å²) in [4.78, 5) is 28.7. The van der Waals surface area contributed by atoms with Gasteiger partial charge in [0.1, 0.15) is 0 Å². The van der Waals surface area contributed by atoms with Crippen LogP contribution in [0.4, 0.5) is 5.69 Å². The number of benzene rings is 3. The van der Waals surface area contributed by atoms with Crippen molar-refractivity contribution in [2.24, 2.45) is 7.05 Å². The van der Waals surface area contributed by atoms with Crippen molar-refractivity contribution in [3.8, 4) is 0 Å². The summed E-state index contributed by atoms with van der Waals surface area (Å²) in [6, 6.07) is 24.6. The van der Waals surface area contributed by atoms with E-state index in [2.05, 4.69) is 72.2 Å². The van der Waals surface area contributed by atoms with E-state index in [0.29, 0.717) is 6.42 Å². The highest BCUT2D eigenvalue weighted by molar-refractivity contribution is 6.04. The largest absolute Gasteiger partial charge is 0.478 e. The van der Waals surface area contributed by atoms with Gasteiger partial charge in [0.2, 0.25) is 0 Å². The van der Waals surface area contributed by atoms with Crippen LogP contribution in [0.3, 0.4) is 0 Å². The second kappa shape index (κ2) is 9.82. The number of anilines is 1. The number of H-pyrrole nitrogens is 1. The van der Waals surface area contributed by atoms with Crippen LogP contribution >= 0.6 is 0 Å². The van der Waals surface area contributed by atoms with Gasteiger partial charge in [0.05, 0.1) is 0 Å². The second-order valence-electron chi connectivity index (χ2n) is 9.32. The third kappa shape index (κ3) is 4.42. The molecule has 0 fully saturated rings. The average Bonchev–Trinajstić information content (AvgIpc) is 3.45. The number of carboxylic acid groups (broad SMARTS) is 1. The molecule has 0 aliphatic heterocycles. The number of hydrogen-bond acceptors (Lipinski definition) is 2. The van der Waals surface area contributed by atoms with Crippen LogP contribution in [0.15, 0.2) is 91.1 Å². The summed E-state index contributed by atoms with van der Waals surface area (Å²) in [5.41, 5.74) is 7.68. The van der Waals surface area contributed by atoms with Crippen LogP contribution in [0.5, 0.6) is 0 Å². The molecule has 2 N–H and O–H groups in total. The molecule has 0 saturated carbocycles. The minimum atomic E-state index is -1.15. The molecule has 5 rings (SSSR count). The van der Waals surface area contributed by atoms with Crippen molar-refractivity contribution in [1.29, 1.82) is 0 Å². The lowest BCUT2D eigenvalue weighted by atomic mass is 9.83. The summed E-state index contributed by atoms with van der Waals surface area (Å²) in [6.45, 7) is 2.16. The van der Waals surface area contributed by atoms with Crippen molar-refractivity contribution in [1.82, 2.24) is 9.55 Å². The maximum Gasteiger partial charge on any atom is 0.328 e. The first kappa shape index (κ1) is 24.1. The number of aliphatic carboxylic acids is 1. The van der Waals surface area contributed by atoms with E-state index in [0.717, 1.165) is 28.9 Å². The van der Waals surface area contributed by atoms with E-state index in [9.17, 15) is 9.59 Å². The van der Waals surface area contributed by atoms with E-state index in [1.165, 1.54) is 38.0 Å². The van der Waals surface area contributed by atoms with Crippen LogP contribution in [0, 0.1) is 6.92 Å². The van der Waals surface area contributed by atoms with Crippen molar-refractivity contribution >= 4 is 39.4 Å². The normalized spacial score (nSPS) is 12.4. The molecule has 0 aliphatic carbocycles. The van der Waals surface area contributed by atoms with Crippen LogP contribution < -0.4 is 4.90 Å². The SMILES string of the molecule is Cc1c(C(Cc2ccccc2N(C)C(=O)/C=C/C(=O)O)c2c[nH]c3ccccc23)c2ccccc2n1C. The number of fused-ring (bicyclic) bond motifs is 2. The molecule has 186 valence electrons. The zero-order valence-corrected chi connectivity index (χ0v) is 21.1. The van der Waals surface area contributed by atoms with Crippen LogP contribution in [-0.2, 0) is 23.1 Å².